The van der Waals surface area contributed by atoms with Crippen LogP contribution in [0, 0.1) is 29.9 Å². The highest BCUT2D eigenvalue weighted by molar-refractivity contribution is 7.89. The Morgan fingerprint density at radius 2 is 1.82 bits per heavy atom. The maximum atomic E-state index is 12.5. The van der Waals surface area contributed by atoms with Crippen molar-refractivity contribution in [2.24, 2.45) is 11.7 Å². The fourth-order valence-electron chi connectivity index (χ4n) is 2.18. The van der Waals surface area contributed by atoms with Gasteiger partial charge in [-0.05, 0) is 43.4 Å². The molecule has 0 radical (unpaired) electrons. The molecule has 0 fully saturated rings. The molecule has 1 unspecified atom stereocenters. The van der Waals surface area contributed by atoms with Crippen molar-refractivity contribution in [3.63, 3.8) is 0 Å². The standard InChI is InChI=1S/C14H23N3O4S/c1-9(2)5-12(8-15)16-22(20,21)14-7-11(4)10(3)6-13(14)17(18)19/h6-7,9,12,16H,5,8,15H2,1-4H3. The first-order chi connectivity index (χ1) is 10.1. The molecule has 0 spiro atoms. The lowest BCUT2D eigenvalue weighted by Crippen LogP contribution is -2.41. The van der Waals surface area contributed by atoms with Gasteiger partial charge in [0.15, 0.2) is 4.90 Å². The van der Waals surface area contributed by atoms with Gasteiger partial charge in [0.1, 0.15) is 0 Å². The van der Waals surface area contributed by atoms with Crippen LogP contribution in [-0.4, -0.2) is 25.9 Å². The average Bonchev–Trinajstić information content (AvgIpc) is 2.39. The van der Waals surface area contributed by atoms with Crippen molar-refractivity contribution in [1.82, 2.24) is 4.72 Å². The van der Waals surface area contributed by atoms with E-state index in [1.54, 1.807) is 13.8 Å². The van der Waals surface area contributed by atoms with Gasteiger partial charge < -0.3 is 5.73 Å². The lowest BCUT2D eigenvalue weighted by Gasteiger charge is -2.19. The summed E-state index contributed by atoms with van der Waals surface area (Å²) in [6.07, 6.45) is 0.564. The molecule has 0 saturated carbocycles. The molecule has 0 heterocycles. The second-order valence-corrected chi connectivity index (χ2v) is 7.53. The summed E-state index contributed by atoms with van der Waals surface area (Å²) in [7, 11) is -4.00. The van der Waals surface area contributed by atoms with Crippen molar-refractivity contribution >= 4 is 15.7 Å². The van der Waals surface area contributed by atoms with E-state index in [-0.39, 0.29) is 17.4 Å². The topological polar surface area (TPSA) is 115 Å². The highest BCUT2D eigenvalue weighted by atomic mass is 32.2. The number of nitrogens with zero attached hydrogens (tertiary/aromatic N) is 1. The van der Waals surface area contributed by atoms with Crippen LogP contribution in [0.3, 0.4) is 0 Å². The van der Waals surface area contributed by atoms with Crippen LogP contribution < -0.4 is 10.5 Å². The molecule has 0 saturated heterocycles. The molecule has 0 amide bonds. The van der Waals surface area contributed by atoms with Crippen LogP contribution in [0.15, 0.2) is 17.0 Å². The van der Waals surface area contributed by atoms with Gasteiger partial charge in [-0.25, -0.2) is 13.1 Å². The number of nitrogens with two attached hydrogens (primary N) is 1. The van der Waals surface area contributed by atoms with Gasteiger partial charge in [0, 0.05) is 18.7 Å². The number of hydrogen-bond acceptors (Lipinski definition) is 5. The van der Waals surface area contributed by atoms with E-state index in [0.29, 0.717) is 17.5 Å². The molecule has 0 aliphatic heterocycles. The van der Waals surface area contributed by atoms with Gasteiger partial charge in [0.2, 0.25) is 10.0 Å². The molecule has 7 nitrogen and oxygen atoms in total. The lowest BCUT2D eigenvalue weighted by molar-refractivity contribution is -0.387. The fourth-order valence-corrected chi connectivity index (χ4v) is 3.68. The monoisotopic (exact) mass is 329 g/mol. The summed E-state index contributed by atoms with van der Waals surface area (Å²) in [6, 6.07) is 2.16. The van der Waals surface area contributed by atoms with Crippen molar-refractivity contribution < 1.29 is 13.3 Å². The zero-order chi connectivity index (χ0) is 17.1. The predicted molar refractivity (Wildman–Crippen MR) is 85.2 cm³/mol. The zero-order valence-electron chi connectivity index (χ0n) is 13.3. The molecule has 1 aromatic rings. The van der Waals surface area contributed by atoms with Crippen LogP contribution in [-0.2, 0) is 10.0 Å². The van der Waals surface area contributed by atoms with Gasteiger partial charge in [-0.2, -0.15) is 0 Å². The van der Waals surface area contributed by atoms with E-state index < -0.39 is 26.7 Å². The van der Waals surface area contributed by atoms with Crippen molar-refractivity contribution in [2.75, 3.05) is 6.54 Å². The summed E-state index contributed by atoms with van der Waals surface area (Å²) in [5.74, 6) is 0.256. The second-order valence-electron chi connectivity index (χ2n) is 5.84. The largest absolute Gasteiger partial charge is 0.329 e. The SMILES string of the molecule is Cc1cc([N+](=O)[O-])c(S(=O)(=O)NC(CN)CC(C)C)cc1C. The van der Waals surface area contributed by atoms with E-state index in [9.17, 15) is 18.5 Å². The highest BCUT2D eigenvalue weighted by Gasteiger charge is 2.28. The van der Waals surface area contributed by atoms with E-state index in [1.807, 2.05) is 13.8 Å². The first-order valence-corrected chi connectivity index (χ1v) is 8.54. The van der Waals surface area contributed by atoms with Gasteiger partial charge in [-0.1, -0.05) is 13.8 Å². The number of aryl methyl sites for hydroxylation is 2. The Balaban J connectivity index is 3.27. The Kier molecular flexibility index (Phi) is 6.04. The van der Waals surface area contributed by atoms with E-state index in [1.165, 1.54) is 12.1 Å². The third kappa shape index (κ3) is 4.49. The quantitative estimate of drug-likeness (QED) is 0.585. The molecule has 124 valence electrons. The second kappa shape index (κ2) is 7.17. The fraction of sp³-hybridized carbons (Fsp3) is 0.571. The maximum absolute atomic E-state index is 12.5. The molecular formula is C14H23N3O4S. The van der Waals surface area contributed by atoms with Crippen LogP contribution in [0.2, 0.25) is 0 Å². The molecule has 0 aromatic heterocycles. The minimum Gasteiger partial charge on any atom is -0.329 e. The molecule has 0 aliphatic rings. The Labute approximate surface area is 131 Å². The molecule has 0 bridgehead atoms. The number of sulfonamides is 1. The highest BCUT2D eigenvalue weighted by Crippen LogP contribution is 2.27. The van der Waals surface area contributed by atoms with Crippen LogP contribution in [0.5, 0.6) is 0 Å². The van der Waals surface area contributed by atoms with E-state index in [0.717, 1.165) is 0 Å². The van der Waals surface area contributed by atoms with Crippen LogP contribution in [0.4, 0.5) is 5.69 Å². The molecule has 0 aliphatic carbocycles. The van der Waals surface area contributed by atoms with Crippen LogP contribution >= 0.6 is 0 Å². The lowest BCUT2D eigenvalue weighted by atomic mass is 10.1. The van der Waals surface area contributed by atoms with Crippen molar-refractivity contribution in [1.29, 1.82) is 0 Å². The minimum atomic E-state index is -4.00. The van der Waals surface area contributed by atoms with Gasteiger partial charge in [0.05, 0.1) is 4.92 Å². The zero-order valence-corrected chi connectivity index (χ0v) is 14.1. The number of rotatable bonds is 7. The smallest absolute Gasteiger partial charge is 0.289 e. The molecule has 8 heteroatoms. The van der Waals surface area contributed by atoms with Crippen molar-refractivity contribution in [3.05, 3.63) is 33.4 Å². The first-order valence-electron chi connectivity index (χ1n) is 7.06. The maximum Gasteiger partial charge on any atom is 0.289 e. The molecular weight excluding hydrogens is 306 g/mol. The van der Waals surface area contributed by atoms with E-state index in [2.05, 4.69) is 4.72 Å². The Hall–Kier alpha value is -1.51. The Morgan fingerprint density at radius 3 is 2.27 bits per heavy atom. The molecule has 1 rings (SSSR count). The first kappa shape index (κ1) is 18.5. The van der Waals surface area contributed by atoms with Gasteiger partial charge >= 0.3 is 0 Å². The van der Waals surface area contributed by atoms with Crippen LogP contribution in [0.1, 0.15) is 31.4 Å². The summed E-state index contributed by atoms with van der Waals surface area (Å²) in [5.41, 5.74) is 6.53. The van der Waals surface area contributed by atoms with Gasteiger partial charge in [0.25, 0.3) is 5.69 Å². The predicted octanol–water partition coefficient (Wildman–Crippen LogP) is 1.86. The summed E-state index contributed by atoms with van der Waals surface area (Å²) >= 11 is 0. The Bertz CT molecular complexity index is 656. The Morgan fingerprint density at radius 1 is 1.27 bits per heavy atom. The number of nitro benzene ring substituents is 1. The summed E-state index contributed by atoms with van der Waals surface area (Å²) in [6.45, 7) is 7.46. The molecule has 3 N–H and O–H groups in total. The van der Waals surface area contributed by atoms with Crippen molar-refractivity contribution in [3.8, 4) is 0 Å². The normalized spacial score (nSPS) is 13.4. The number of nitrogens with one attached hydrogen (secondary N) is 1. The summed E-state index contributed by atoms with van der Waals surface area (Å²) < 4.78 is 27.5. The molecule has 1 aromatic carbocycles. The summed E-state index contributed by atoms with van der Waals surface area (Å²) in [4.78, 5) is 10.2. The van der Waals surface area contributed by atoms with Gasteiger partial charge in [-0.15, -0.1) is 0 Å². The van der Waals surface area contributed by atoms with Crippen molar-refractivity contribution in [2.45, 2.75) is 45.1 Å². The van der Waals surface area contributed by atoms with Gasteiger partial charge in [-0.3, -0.25) is 10.1 Å². The minimum absolute atomic E-state index is 0.135. The van der Waals surface area contributed by atoms with E-state index in [4.69, 9.17) is 5.73 Å². The third-order valence-electron chi connectivity index (χ3n) is 3.42. The number of benzene rings is 1. The molecule has 22 heavy (non-hydrogen) atoms. The van der Waals surface area contributed by atoms with Crippen LogP contribution in [0.25, 0.3) is 0 Å². The van der Waals surface area contributed by atoms with E-state index >= 15 is 0 Å². The third-order valence-corrected chi connectivity index (χ3v) is 4.97. The summed E-state index contributed by atoms with van der Waals surface area (Å²) in [5, 5.41) is 11.2. The number of hydrogen-bond donors (Lipinski definition) is 2. The number of nitro groups is 1. The molecule has 1 atom stereocenters. The average molecular weight is 329 g/mol.